The van der Waals surface area contributed by atoms with Crippen LogP contribution in [0.15, 0.2) is 0 Å². The predicted molar refractivity (Wildman–Crippen MR) is 162 cm³/mol. The zero-order valence-corrected chi connectivity index (χ0v) is 29.3. The molecule has 0 amide bonds. The summed E-state index contributed by atoms with van der Waals surface area (Å²) in [7, 11) is -15.0. The van der Waals surface area contributed by atoms with Gasteiger partial charge in [0.1, 0.15) is 12.2 Å². The highest BCUT2D eigenvalue weighted by Gasteiger charge is 2.65. The van der Waals surface area contributed by atoms with Crippen molar-refractivity contribution in [2.24, 2.45) is 57.7 Å². The highest BCUT2D eigenvalue weighted by atomic mass is 32.3. The molecule has 4 fully saturated rings. The Morgan fingerprint density at radius 3 is 1.77 bits per heavy atom. The van der Waals surface area contributed by atoms with Gasteiger partial charge in [-0.3, -0.25) is 13.7 Å². The van der Waals surface area contributed by atoms with Crippen LogP contribution in [0.2, 0.25) is 0 Å². The highest BCUT2D eigenvalue weighted by Crippen LogP contribution is 2.69. The first-order chi connectivity index (χ1) is 19.8. The average molecular weight is 689 g/mol. The first-order valence-corrected chi connectivity index (χ1v) is 19.9. The van der Waals surface area contributed by atoms with E-state index in [9.17, 15) is 38.9 Å². The van der Waals surface area contributed by atoms with Crippen LogP contribution in [0.4, 0.5) is 0 Å². The molecule has 258 valence electrons. The van der Waals surface area contributed by atoms with Gasteiger partial charge in [0.15, 0.2) is 0 Å². The van der Waals surface area contributed by atoms with Gasteiger partial charge in [-0.15, -0.1) is 0 Å². The molecule has 0 saturated heterocycles. The first kappa shape index (κ1) is 36.4. The summed E-state index contributed by atoms with van der Waals surface area (Å²) < 4.78 is 115. The van der Waals surface area contributed by atoms with Crippen molar-refractivity contribution in [3.63, 3.8) is 0 Å². The van der Waals surface area contributed by atoms with Gasteiger partial charge < -0.3 is 0 Å². The van der Waals surface area contributed by atoms with Crippen molar-refractivity contribution in [2.45, 2.75) is 125 Å². The van der Waals surface area contributed by atoms with Crippen LogP contribution in [0.1, 0.15) is 106 Å². The summed E-state index contributed by atoms with van der Waals surface area (Å²) in [4.78, 5) is 0. The van der Waals surface area contributed by atoms with Gasteiger partial charge in [-0.1, -0.05) is 54.9 Å². The van der Waals surface area contributed by atoms with Gasteiger partial charge in [0, 0.05) is 0 Å². The lowest BCUT2D eigenvalue weighted by Crippen LogP contribution is -2.62. The number of rotatable bonds is 10. The van der Waals surface area contributed by atoms with Crippen LogP contribution < -0.4 is 0 Å². The largest absolute Gasteiger partial charge is 0.397 e. The molecule has 4 saturated carbocycles. The Hall–Kier alpha value is -0.390. The second-order valence-electron chi connectivity index (χ2n) is 15.9. The molecule has 4 aliphatic carbocycles. The summed E-state index contributed by atoms with van der Waals surface area (Å²) in [5, 5.41) is 0. The Bertz CT molecular complexity index is 1370. The maximum absolute atomic E-state index is 12.1. The van der Waals surface area contributed by atoms with Gasteiger partial charge in [-0.2, -0.15) is 25.3 Å². The van der Waals surface area contributed by atoms with Crippen molar-refractivity contribution in [2.75, 3.05) is 0 Å². The SMILES string of the molecule is CC(CC[C@@H](C)[C@H]1CC[C@H]2[C@@H]3C[C@H](OS(=O)(=O)O)[C@H]4C[C@H](OS(=O)(=O)O)[C@@H](OS(=O)(=O)O)C[C@]4(C)[C@H]3CC[C@]12C)C(C)(C)C. The Morgan fingerprint density at radius 2 is 1.23 bits per heavy atom. The van der Waals surface area contributed by atoms with Crippen molar-refractivity contribution in [3.05, 3.63) is 0 Å². The van der Waals surface area contributed by atoms with E-state index in [4.69, 9.17) is 12.5 Å². The van der Waals surface area contributed by atoms with Crippen molar-refractivity contribution in [1.82, 2.24) is 0 Å². The molecule has 0 aliphatic heterocycles. The molecular formula is C29H52O12S3. The predicted octanol–water partition coefficient (Wildman–Crippen LogP) is 5.53. The molecular weight excluding hydrogens is 637 g/mol. The second-order valence-corrected chi connectivity index (χ2v) is 19.0. The molecule has 12 atom stereocenters. The molecule has 0 heterocycles. The van der Waals surface area contributed by atoms with Gasteiger partial charge in [-0.25, -0.2) is 12.5 Å². The van der Waals surface area contributed by atoms with Gasteiger partial charge in [0.05, 0.1) is 6.10 Å². The lowest BCUT2D eigenvalue weighted by atomic mass is 9.43. The van der Waals surface area contributed by atoms with Gasteiger partial charge in [-0.05, 0) is 109 Å². The molecule has 0 aromatic rings. The van der Waals surface area contributed by atoms with E-state index < -0.39 is 60.8 Å². The van der Waals surface area contributed by atoms with E-state index in [1.807, 2.05) is 6.92 Å². The molecule has 0 aromatic heterocycles. The van der Waals surface area contributed by atoms with E-state index in [0.29, 0.717) is 24.2 Å². The Balaban J connectivity index is 1.66. The molecule has 0 radical (unpaired) electrons. The maximum Gasteiger partial charge on any atom is 0.397 e. The van der Waals surface area contributed by atoms with Crippen molar-refractivity contribution in [3.8, 4) is 0 Å². The van der Waals surface area contributed by atoms with Crippen molar-refractivity contribution < 1.29 is 51.5 Å². The monoisotopic (exact) mass is 688 g/mol. The van der Waals surface area contributed by atoms with E-state index in [2.05, 4.69) is 41.5 Å². The molecule has 4 rings (SSSR count). The summed E-state index contributed by atoms with van der Waals surface area (Å²) >= 11 is 0. The summed E-state index contributed by atoms with van der Waals surface area (Å²) in [5.41, 5.74) is -0.578. The van der Waals surface area contributed by atoms with Crippen LogP contribution in [0.25, 0.3) is 0 Å². The van der Waals surface area contributed by atoms with Crippen molar-refractivity contribution in [1.29, 1.82) is 0 Å². The Kier molecular flexibility index (Phi) is 10.1. The molecule has 4 aliphatic rings. The zero-order valence-electron chi connectivity index (χ0n) is 26.9. The minimum Gasteiger partial charge on any atom is -0.264 e. The van der Waals surface area contributed by atoms with Crippen LogP contribution in [-0.4, -0.2) is 57.2 Å². The Labute approximate surface area is 264 Å². The quantitative estimate of drug-likeness (QED) is 0.244. The molecule has 15 heteroatoms. The number of hydrogen-bond donors (Lipinski definition) is 3. The fraction of sp³-hybridized carbons (Fsp3) is 1.00. The van der Waals surface area contributed by atoms with Crippen LogP contribution in [0, 0.1) is 57.7 Å². The van der Waals surface area contributed by atoms with E-state index in [1.54, 1.807) is 0 Å². The first-order valence-electron chi connectivity index (χ1n) is 15.8. The highest BCUT2D eigenvalue weighted by molar-refractivity contribution is 7.81. The minimum absolute atomic E-state index is 0.00197. The summed E-state index contributed by atoms with van der Waals surface area (Å²) in [6.07, 6.45) is 1.92. The molecule has 0 aromatic carbocycles. The average Bonchev–Trinajstić information content (AvgIpc) is 3.17. The summed E-state index contributed by atoms with van der Waals surface area (Å²) in [6, 6.07) is 0. The van der Waals surface area contributed by atoms with Gasteiger partial charge >= 0.3 is 31.2 Å². The standard InChI is InChI=1S/C29H52O12S3/c1-17(8-9-18(2)27(3,4)5)20-10-11-21-19-14-24(39-42(30,31)32)23-15-25(40-43(33,34)35)26(41-44(36,37)38)16-29(23,7)22(19)12-13-28(20,21)6/h17-26H,8-16H2,1-7H3,(H,30,31,32)(H,33,34,35)(H,36,37,38)/t17-,18?,19+,20-,21+,22+,23-,24+,25+,26+,28-,29-/m1/s1. The molecule has 12 nitrogen and oxygen atoms in total. The third-order valence-electron chi connectivity index (χ3n) is 12.7. The lowest BCUT2D eigenvalue weighted by Gasteiger charge is -2.63. The molecule has 0 spiro atoms. The zero-order chi connectivity index (χ0) is 33.3. The smallest absolute Gasteiger partial charge is 0.264 e. The third kappa shape index (κ3) is 7.83. The Morgan fingerprint density at radius 1 is 0.705 bits per heavy atom. The molecule has 0 bridgehead atoms. The van der Waals surface area contributed by atoms with Crippen molar-refractivity contribution >= 4 is 31.2 Å². The second kappa shape index (κ2) is 12.2. The number of fused-ring (bicyclic) bond motifs is 5. The molecule has 44 heavy (non-hydrogen) atoms. The van der Waals surface area contributed by atoms with Crippen LogP contribution in [0.3, 0.4) is 0 Å². The minimum atomic E-state index is -5.06. The molecule has 3 N–H and O–H groups in total. The van der Waals surface area contributed by atoms with Crippen LogP contribution >= 0.6 is 0 Å². The third-order valence-corrected chi connectivity index (χ3v) is 14.1. The van der Waals surface area contributed by atoms with Crippen LogP contribution in [0.5, 0.6) is 0 Å². The maximum atomic E-state index is 12.1. The lowest BCUT2D eigenvalue weighted by molar-refractivity contribution is -0.184. The summed E-state index contributed by atoms with van der Waals surface area (Å²) in [5.74, 6) is 1.12. The van der Waals surface area contributed by atoms with E-state index in [1.165, 1.54) is 0 Å². The molecule has 1 unspecified atom stereocenters. The van der Waals surface area contributed by atoms with E-state index >= 15 is 0 Å². The van der Waals surface area contributed by atoms with E-state index in [-0.39, 0.29) is 41.4 Å². The van der Waals surface area contributed by atoms with E-state index in [0.717, 1.165) is 38.5 Å². The van der Waals surface area contributed by atoms with Gasteiger partial charge in [0.25, 0.3) is 0 Å². The fourth-order valence-electron chi connectivity index (χ4n) is 10.2. The van der Waals surface area contributed by atoms with Gasteiger partial charge in [0.2, 0.25) is 0 Å². The topological polar surface area (TPSA) is 191 Å². The summed E-state index contributed by atoms with van der Waals surface area (Å²) in [6.45, 7) is 15.7. The van der Waals surface area contributed by atoms with Crippen LogP contribution in [-0.2, 0) is 43.7 Å². The number of hydrogen-bond acceptors (Lipinski definition) is 9. The normalized spacial score (nSPS) is 41.3. The fourth-order valence-corrected chi connectivity index (χ4v) is 11.7.